The molecule has 1 aromatic rings. The number of carbonyl (C=O) groups is 1. The summed E-state index contributed by atoms with van der Waals surface area (Å²) in [6, 6.07) is 4.28. The van der Waals surface area contributed by atoms with Gasteiger partial charge in [-0.3, -0.25) is 4.79 Å². The first-order valence-electron chi connectivity index (χ1n) is 6.01. The third-order valence-electron chi connectivity index (χ3n) is 3.29. The molecule has 0 spiro atoms. The zero-order chi connectivity index (χ0) is 13.1. The third-order valence-corrected chi connectivity index (χ3v) is 3.61. The van der Waals surface area contributed by atoms with Crippen molar-refractivity contribution in [1.29, 1.82) is 0 Å². The first-order chi connectivity index (χ1) is 8.65. The van der Waals surface area contributed by atoms with Crippen molar-refractivity contribution in [2.24, 2.45) is 0 Å². The lowest BCUT2D eigenvalue weighted by atomic mass is 9.91. The van der Waals surface area contributed by atoms with Crippen molar-refractivity contribution in [1.82, 2.24) is 4.90 Å². The Hall–Kier alpha value is -1.13. The van der Waals surface area contributed by atoms with Crippen molar-refractivity contribution in [3.05, 3.63) is 34.6 Å². The predicted octanol–water partition coefficient (Wildman–Crippen LogP) is 2.47. The SMILES string of the molecule is O=C(c1c(F)cccc1Cl)N(CCO)C1CCC1. The first kappa shape index (κ1) is 13.3. The monoisotopic (exact) mass is 271 g/mol. The molecule has 1 aliphatic carbocycles. The molecule has 1 N–H and O–H groups in total. The second-order valence-electron chi connectivity index (χ2n) is 4.40. The van der Waals surface area contributed by atoms with Crippen LogP contribution in [0.4, 0.5) is 4.39 Å². The van der Waals surface area contributed by atoms with E-state index in [1.165, 1.54) is 23.1 Å². The largest absolute Gasteiger partial charge is 0.395 e. The third kappa shape index (κ3) is 2.49. The normalized spacial score (nSPS) is 15.3. The maximum atomic E-state index is 13.7. The van der Waals surface area contributed by atoms with Crippen molar-refractivity contribution < 1.29 is 14.3 Å². The lowest BCUT2D eigenvalue weighted by Gasteiger charge is -2.37. The summed E-state index contributed by atoms with van der Waals surface area (Å²) in [5, 5.41) is 9.13. The van der Waals surface area contributed by atoms with Gasteiger partial charge in [0.05, 0.1) is 17.2 Å². The molecule has 0 atom stereocenters. The average Bonchev–Trinajstić information content (AvgIpc) is 2.25. The highest BCUT2D eigenvalue weighted by atomic mass is 35.5. The van der Waals surface area contributed by atoms with E-state index in [-0.39, 0.29) is 29.8 Å². The van der Waals surface area contributed by atoms with Crippen LogP contribution in [-0.2, 0) is 0 Å². The van der Waals surface area contributed by atoms with Crippen LogP contribution in [0.5, 0.6) is 0 Å². The van der Waals surface area contributed by atoms with E-state index in [1.807, 2.05) is 0 Å². The lowest BCUT2D eigenvalue weighted by Crippen LogP contribution is -2.46. The van der Waals surface area contributed by atoms with Gasteiger partial charge < -0.3 is 10.0 Å². The van der Waals surface area contributed by atoms with E-state index in [2.05, 4.69) is 0 Å². The van der Waals surface area contributed by atoms with E-state index in [9.17, 15) is 9.18 Å². The second kappa shape index (κ2) is 5.67. The molecule has 1 amide bonds. The Morgan fingerprint density at radius 1 is 1.50 bits per heavy atom. The summed E-state index contributed by atoms with van der Waals surface area (Å²) < 4.78 is 13.7. The fraction of sp³-hybridized carbons (Fsp3) is 0.462. The van der Waals surface area contributed by atoms with Crippen molar-refractivity contribution in [2.45, 2.75) is 25.3 Å². The van der Waals surface area contributed by atoms with E-state index in [0.29, 0.717) is 0 Å². The summed E-state index contributed by atoms with van der Waals surface area (Å²) in [7, 11) is 0. The molecule has 1 saturated carbocycles. The van der Waals surface area contributed by atoms with Crippen LogP contribution >= 0.6 is 11.6 Å². The Morgan fingerprint density at radius 2 is 2.22 bits per heavy atom. The van der Waals surface area contributed by atoms with Crippen LogP contribution in [0.25, 0.3) is 0 Å². The van der Waals surface area contributed by atoms with Gasteiger partial charge in [0.15, 0.2) is 0 Å². The van der Waals surface area contributed by atoms with Gasteiger partial charge in [-0.25, -0.2) is 4.39 Å². The van der Waals surface area contributed by atoms with Crippen LogP contribution in [0.15, 0.2) is 18.2 Å². The number of benzene rings is 1. The van der Waals surface area contributed by atoms with Gasteiger partial charge in [0.1, 0.15) is 5.82 Å². The number of aliphatic hydroxyl groups is 1. The molecule has 18 heavy (non-hydrogen) atoms. The van der Waals surface area contributed by atoms with E-state index in [4.69, 9.17) is 16.7 Å². The minimum atomic E-state index is -0.616. The first-order valence-corrected chi connectivity index (χ1v) is 6.38. The molecular weight excluding hydrogens is 257 g/mol. The topological polar surface area (TPSA) is 40.5 Å². The minimum absolute atomic E-state index is 0.0975. The van der Waals surface area contributed by atoms with Gasteiger partial charge in [0.2, 0.25) is 0 Å². The van der Waals surface area contributed by atoms with Crippen LogP contribution in [0.1, 0.15) is 29.6 Å². The average molecular weight is 272 g/mol. The van der Waals surface area contributed by atoms with E-state index < -0.39 is 11.7 Å². The van der Waals surface area contributed by atoms with Crippen LogP contribution in [0.2, 0.25) is 5.02 Å². The van der Waals surface area contributed by atoms with Crippen molar-refractivity contribution >= 4 is 17.5 Å². The summed E-state index contributed by atoms with van der Waals surface area (Å²) >= 11 is 5.88. The Bertz CT molecular complexity index is 428. The Kier molecular flexibility index (Phi) is 4.19. The van der Waals surface area contributed by atoms with Gasteiger partial charge in [-0.15, -0.1) is 0 Å². The number of carbonyl (C=O) groups excluding carboxylic acids is 1. The predicted molar refractivity (Wildman–Crippen MR) is 67.2 cm³/mol. The van der Waals surface area contributed by atoms with Gasteiger partial charge in [-0.1, -0.05) is 17.7 Å². The van der Waals surface area contributed by atoms with Crippen LogP contribution in [0, 0.1) is 5.82 Å². The summed E-state index contributed by atoms with van der Waals surface area (Å²) in [4.78, 5) is 13.8. The molecule has 0 heterocycles. The number of aliphatic hydroxyl groups excluding tert-OH is 1. The Morgan fingerprint density at radius 3 is 2.72 bits per heavy atom. The highest BCUT2D eigenvalue weighted by molar-refractivity contribution is 6.33. The fourth-order valence-electron chi connectivity index (χ4n) is 2.10. The van der Waals surface area contributed by atoms with E-state index in [0.717, 1.165) is 19.3 Å². The number of amides is 1. The van der Waals surface area contributed by atoms with Crippen molar-refractivity contribution in [2.75, 3.05) is 13.2 Å². The van der Waals surface area contributed by atoms with Gasteiger partial charge in [0.25, 0.3) is 5.91 Å². The lowest BCUT2D eigenvalue weighted by molar-refractivity contribution is 0.0521. The quantitative estimate of drug-likeness (QED) is 0.914. The van der Waals surface area contributed by atoms with E-state index >= 15 is 0 Å². The maximum absolute atomic E-state index is 13.7. The number of nitrogens with zero attached hydrogens (tertiary/aromatic N) is 1. The minimum Gasteiger partial charge on any atom is -0.395 e. The molecular formula is C13H15ClFNO2. The van der Waals surface area contributed by atoms with Gasteiger partial charge >= 0.3 is 0 Å². The zero-order valence-electron chi connectivity index (χ0n) is 9.90. The highest BCUT2D eigenvalue weighted by Gasteiger charge is 2.31. The molecule has 0 bridgehead atoms. The molecule has 0 unspecified atom stereocenters. The summed E-state index contributed by atoms with van der Waals surface area (Å²) in [6.07, 6.45) is 2.86. The van der Waals surface area contributed by atoms with Gasteiger partial charge in [-0.2, -0.15) is 0 Å². The molecule has 1 aliphatic rings. The Labute approximate surface area is 110 Å². The molecule has 3 nitrogen and oxygen atoms in total. The molecule has 98 valence electrons. The van der Waals surface area contributed by atoms with Crippen molar-refractivity contribution in [3.8, 4) is 0 Å². The molecule has 0 radical (unpaired) electrons. The second-order valence-corrected chi connectivity index (χ2v) is 4.81. The molecule has 0 saturated heterocycles. The zero-order valence-corrected chi connectivity index (χ0v) is 10.7. The van der Waals surface area contributed by atoms with Crippen LogP contribution < -0.4 is 0 Å². The maximum Gasteiger partial charge on any atom is 0.258 e. The summed E-state index contributed by atoms with van der Waals surface area (Å²) in [6.45, 7) is 0.0858. The number of hydrogen-bond acceptors (Lipinski definition) is 2. The summed E-state index contributed by atoms with van der Waals surface area (Å²) in [5.41, 5.74) is -0.0977. The van der Waals surface area contributed by atoms with Gasteiger partial charge in [0, 0.05) is 12.6 Å². The standard InChI is InChI=1S/C13H15ClFNO2/c14-10-5-2-6-11(15)12(10)13(18)16(7-8-17)9-3-1-4-9/h2,5-6,9,17H,1,3-4,7-8H2. The highest BCUT2D eigenvalue weighted by Crippen LogP contribution is 2.28. The van der Waals surface area contributed by atoms with Crippen molar-refractivity contribution in [3.63, 3.8) is 0 Å². The van der Waals surface area contributed by atoms with Crippen LogP contribution in [0.3, 0.4) is 0 Å². The molecule has 0 aromatic heterocycles. The summed E-state index contributed by atoms with van der Waals surface area (Å²) in [5.74, 6) is -1.05. The molecule has 5 heteroatoms. The number of hydrogen-bond donors (Lipinski definition) is 1. The molecule has 1 aromatic carbocycles. The Balaban J connectivity index is 2.27. The smallest absolute Gasteiger partial charge is 0.258 e. The van der Waals surface area contributed by atoms with Crippen LogP contribution in [-0.4, -0.2) is 35.1 Å². The van der Waals surface area contributed by atoms with E-state index in [1.54, 1.807) is 0 Å². The number of halogens is 2. The molecule has 0 aliphatic heterocycles. The molecule has 1 fully saturated rings. The number of rotatable bonds is 4. The fourth-order valence-corrected chi connectivity index (χ4v) is 2.35. The van der Waals surface area contributed by atoms with Gasteiger partial charge in [-0.05, 0) is 31.4 Å². The molecule has 2 rings (SSSR count).